The Bertz CT molecular complexity index is 1040. The van der Waals surface area contributed by atoms with Crippen molar-refractivity contribution in [1.29, 1.82) is 0 Å². The lowest BCUT2D eigenvalue weighted by Gasteiger charge is -2.32. The highest BCUT2D eigenvalue weighted by atomic mass is 16.5. The van der Waals surface area contributed by atoms with Gasteiger partial charge in [0.25, 0.3) is 0 Å². The quantitative estimate of drug-likeness (QED) is 0.458. The summed E-state index contributed by atoms with van der Waals surface area (Å²) in [5.74, 6) is 5.11. The van der Waals surface area contributed by atoms with Gasteiger partial charge in [0, 0.05) is 11.8 Å². The van der Waals surface area contributed by atoms with E-state index in [1.165, 1.54) is 14.2 Å². The second kappa shape index (κ2) is 8.94. The molecule has 1 aliphatic heterocycles. The van der Waals surface area contributed by atoms with Crippen LogP contribution in [0.25, 0.3) is 6.08 Å². The van der Waals surface area contributed by atoms with Crippen LogP contribution in [0, 0.1) is 18.8 Å². The molecule has 0 saturated carbocycles. The highest BCUT2D eigenvalue weighted by Crippen LogP contribution is 2.33. The molecular weight excluding hydrogens is 366 g/mol. The van der Waals surface area contributed by atoms with Crippen molar-refractivity contribution in [1.82, 2.24) is 4.90 Å². The van der Waals surface area contributed by atoms with Crippen molar-refractivity contribution < 1.29 is 19.1 Å². The Labute approximate surface area is 170 Å². The van der Waals surface area contributed by atoms with Gasteiger partial charge in [-0.05, 0) is 36.3 Å². The third-order valence-electron chi connectivity index (χ3n) is 4.52. The van der Waals surface area contributed by atoms with Crippen molar-refractivity contribution >= 4 is 18.0 Å². The summed E-state index contributed by atoms with van der Waals surface area (Å²) in [6.45, 7) is 2.02. The average molecular weight is 387 g/mol. The number of methoxy groups -OCH3 is 2. The summed E-state index contributed by atoms with van der Waals surface area (Å²) in [6, 6.07) is 15.2. The summed E-state index contributed by atoms with van der Waals surface area (Å²) < 4.78 is 9.59. The first-order valence-corrected chi connectivity index (χ1v) is 9.05. The molecular formula is C24H21NO4. The minimum absolute atomic E-state index is 0.0494. The first-order valence-electron chi connectivity index (χ1n) is 9.05. The van der Waals surface area contributed by atoms with Crippen LogP contribution in [0.4, 0.5) is 0 Å². The van der Waals surface area contributed by atoms with Gasteiger partial charge in [0.1, 0.15) is 11.7 Å². The van der Waals surface area contributed by atoms with Gasteiger partial charge in [-0.15, -0.1) is 0 Å². The number of hydrogen-bond acceptors (Lipinski definition) is 5. The standard InChI is InChI=1S/C24H21NO4/c1-17-8-10-18(11-9-17)12-13-21-20-7-5-4-6-19(20)14-15-25(21)22(24(27)29-3)16-23(26)28-2/h4-11,14-16,21H,1-3H3/b22-16+. The normalized spacial score (nSPS) is 15.1. The van der Waals surface area contributed by atoms with E-state index >= 15 is 0 Å². The van der Waals surface area contributed by atoms with Crippen LogP contribution in [-0.4, -0.2) is 31.1 Å². The lowest BCUT2D eigenvalue weighted by Crippen LogP contribution is -2.30. The number of benzene rings is 2. The molecule has 5 nitrogen and oxygen atoms in total. The molecule has 29 heavy (non-hydrogen) atoms. The minimum Gasteiger partial charge on any atom is -0.466 e. The predicted octanol–water partition coefficient (Wildman–Crippen LogP) is 3.60. The zero-order chi connectivity index (χ0) is 20.8. The zero-order valence-corrected chi connectivity index (χ0v) is 16.5. The van der Waals surface area contributed by atoms with E-state index in [0.717, 1.165) is 28.3 Å². The summed E-state index contributed by atoms with van der Waals surface area (Å²) in [5, 5.41) is 0. The fraction of sp³-hybridized carbons (Fsp3) is 0.167. The second-order valence-electron chi connectivity index (χ2n) is 6.43. The molecule has 146 valence electrons. The van der Waals surface area contributed by atoms with Gasteiger partial charge in [0.2, 0.25) is 0 Å². The third-order valence-corrected chi connectivity index (χ3v) is 4.52. The SMILES string of the molecule is COC(=O)/C=C(\C(=O)OC)N1C=Cc2ccccc2C1C#Cc1ccc(C)cc1. The van der Waals surface area contributed by atoms with Gasteiger partial charge in [-0.1, -0.05) is 53.8 Å². The first kappa shape index (κ1) is 20.0. The van der Waals surface area contributed by atoms with Gasteiger partial charge in [-0.25, -0.2) is 9.59 Å². The Hall–Kier alpha value is -3.78. The van der Waals surface area contributed by atoms with Crippen molar-refractivity contribution in [3.8, 4) is 11.8 Å². The molecule has 2 aromatic rings. The second-order valence-corrected chi connectivity index (χ2v) is 6.43. The largest absolute Gasteiger partial charge is 0.466 e. The Morgan fingerprint density at radius 3 is 2.45 bits per heavy atom. The van der Waals surface area contributed by atoms with Gasteiger partial charge in [0.05, 0.1) is 20.3 Å². The number of rotatable bonds is 3. The lowest BCUT2D eigenvalue weighted by molar-refractivity contribution is -0.139. The number of carbonyl (C=O) groups is 2. The predicted molar refractivity (Wildman–Crippen MR) is 110 cm³/mol. The molecule has 0 amide bonds. The van der Waals surface area contributed by atoms with E-state index in [9.17, 15) is 9.59 Å². The average Bonchev–Trinajstić information content (AvgIpc) is 2.76. The Kier molecular flexibility index (Phi) is 6.16. The summed E-state index contributed by atoms with van der Waals surface area (Å²) in [6.07, 6.45) is 4.71. The maximum Gasteiger partial charge on any atom is 0.354 e. The van der Waals surface area contributed by atoms with E-state index in [4.69, 9.17) is 9.47 Å². The van der Waals surface area contributed by atoms with Gasteiger partial charge in [0.15, 0.2) is 0 Å². The molecule has 2 aromatic carbocycles. The fourth-order valence-electron chi connectivity index (χ4n) is 2.98. The molecule has 0 radical (unpaired) electrons. The maximum absolute atomic E-state index is 12.4. The van der Waals surface area contributed by atoms with Crippen molar-refractivity contribution in [2.45, 2.75) is 13.0 Å². The highest BCUT2D eigenvalue weighted by molar-refractivity contribution is 5.96. The number of nitrogens with zero attached hydrogens (tertiary/aromatic N) is 1. The van der Waals surface area contributed by atoms with Crippen LogP contribution >= 0.6 is 0 Å². The summed E-state index contributed by atoms with van der Waals surface area (Å²) in [5.41, 5.74) is 3.98. The minimum atomic E-state index is -0.651. The first-order chi connectivity index (χ1) is 14.0. The van der Waals surface area contributed by atoms with Crippen LogP contribution in [0.5, 0.6) is 0 Å². The number of carbonyl (C=O) groups excluding carboxylic acids is 2. The topological polar surface area (TPSA) is 55.8 Å². The van der Waals surface area contributed by atoms with E-state index in [1.54, 1.807) is 11.1 Å². The van der Waals surface area contributed by atoms with Crippen LogP contribution in [0.1, 0.15) is 28.3 Å². The number of hydrogen-bond donors (Lipinski definition) is 0. The molecule has 0 N–H and O–H groups in total. The van der Waals surface area contributed by atoms with Crippen LogP contribution in [0.2, 0.25) is 0 Å². The zero-order valence-electron chi connectivity index (χ0n) is 16.5. The number of fused-ring (bicyclic) bond motifs is 1. The molecule has 0 aromatic heterocycles. The van der Waals surface area contributed by atoms with Crippen molar-refractivity contribution in [2.75, 3.05) is 14.2 Å². The highest BCUT2D eigenvalue weighted by Gasteiger charge is 2.29. The molecule has 3 rings (SSSR count). The van der Waals surface area contributed by atoms with E-state index in [-0.39, 0.29) is 5.70 Å². The van der Waals surface area contributed by atoms with E-state index in [0.29, 0.717) is 0 Å². The smallest absolute Gasteiger partial charge is 0.354 e. The Morgan fingerprint density at radius 1 is 1.03 bits per heavy atom. The Balaban J connectivity index is 2.09. The molecule has 0 aliphatic carbocycles. The fourth-order valence-corrected chi connectivity index (χ4v) is 2.98. The monoisotopic (exact) mass is 387 g/mol. The molecule has 0 bridgehead atoms. The van der Waals surface area contributed by atoms with Crippen LogP contribution in [0.3, 0.4) is 0 Å². The van der Waals surface area contributed by atoms with Crippen molar-refractivity contribution in [2.24, 2.45) is 0 Å². The van der Waals surface area contributed by atoms with E-state index in [2.05, 4.69) is 11.8 Å². The molecule has 1 heterocycles. The molecule has 1 unspecified atom stereocenters. The van der Waals surface area contributed by atoms with Crippen LogP contribution in [0.15, 0.2) is 66.5 Å². The van der Waals surface area contributed by atoms with E-state index < -0.39 is 18.0 Å². The number of aryl methyl sites for hydroxylation is 1. The molecule has 1 aliphatic rings. The Morgan fingerprint density at radius 2 is 1.76 bits per heavy atom. The number of ether oxygens (including phenoxy) is 2. The summed E-state index contributed by atoms with van der Waals surface area (Å²) in [4.78, 5) is 25.9. The molecule has 5 heteroatoms. The molecule has 0 fully saturated rings. The van der Waals surface area contributed by atoms with Crippen molar-refractivity contribution in [3.63, 3.8) is 0 Å². The van der Waals surface area contributed by atoms with E-state index in [1.807, 2.05) is 61.5 Å². The molecule has 0 spiro atoms. The molecule has 1 atom stereocenters. The summed E-state index contributed by atoms with van der Waals surface area (Å²) in [7, 11) is 2.52. The van der Waals surface area contributed by atoms with Crippen LogP contribution < -0.4 is 0 Å². The van der Waals surface area contributed by atoms with Crippen LogP contribution in [-0.2, 0) is 19.1 Å². The van der Waals surface area contributed by atoms with Gasteiger partial charge in [-0.2, -0.15) is 0 Å². The van der Waals surface area contributed by atoms with Crippen molar-refractivity contribution in [3.05, 3.63) is 88.8 Å². The number of esters is 2. The maximum atomic E-state index is 12.4. The summed E-state index contributed by atoms with van der Waals surface area (Å²) >= 11 is 0. The van der Waals surface area contributed by atoms with Gasteiger partial charge < -0.3 is 14.4 Å². The lowest BCUT2D eigenvalue weighted by atomic mass is 9.95. The van der Waals surface area contributed by atoms with Gasteiger partial charge in [-0.3, -0.25) is 0 Å². The third kappa shape index (κ3) is 4.56. The van der Waals surface area contributed by atoms with Gasteiger partial charge >= 0.3 is 11.9 Å². The molecule has 0 saturated heterocycles.